The second-order valence-electron chi connectivity index (χ2n) is 3.31. The molecule has 1 aromatic heterocycles. The Kier molecular flexibility index (Phi) is 3.09. The molecule has 0 fully saturated rings. The molecule has 0 aliphatic rings. The fraction of sp³-hybridized carbons (Fsp3) is 0.500. The van der Waals surface area contributed by atoms with Gasteiger partial charge in [0.1, 0.15) is 4.88 Å². The van der Waals surface area contributed by atoms with Crippen LogP contribution in [0.2, 0.25) is 0 Å². The van der Waals surface area contributed by atoms with Crippen LogP contribution >= 0.6 is 11.3 Å². The number of thiophene rings is 1. The van der Waals surface area contributed by atoms with Gasteiger partial charge in [0, 0.05) is 0 Å². The van der Waals surface area contributed by atoms with Gasteiger partial charge in [0.25, 0.3) is 0 Å². The molecule has 0 atom stereocenters. The van der Waals surface area contributed by atoms with Crippen molar-refractivity contribution >= 4 is 17.3 Å². The van der Waals surface area contributed by atoms with Gasteiger partial charge in [0.15, 0.2) is 0 Å². The highest BCUT2D eigenvalue weighted by atomic mass is 32.1. The van der Waals surface area contributed by atoms with Crippen molar-refractivity contribution in [2.24, 2.45) is 0 Å². The molecule has 13 heavy (non-hydrogen) atoms. The Bertz CT molecular complexity index is 313. The number of aromatic carboxylic acids is 1. The highest BCUT2D eigenvalue weighted by molar-refractivity contribution is 7.12. The van der Waals surface area contributed by atoms with Crippen LogP contribution in [0.5, 0.6) is 0 Å². The summed E-state index contributed by atoms with van der Waals surface area (Å²) in [6, 6.07) is 0. The Hall–Kier alpha value is -0.830. The van der Waals surface area contributed by atoms with Crippen molar-refractivity contribution < 1.29 is 9.90 Å². The predicted octanol–water partition coefficient (Wildman–Crippen LogP) is 3.13. The van der Waals surface area contributed by atoms with E-state index in [1.807, 2.05) is 12.3 Å². The molecule has 0 bridgehead atoms. The molecule has 0 saturated carbocycles. The van der Waals surface area contributed by atoms with E-state index in [0.717, 1.165) is 12.0 Å². The fourth-order valence-electron chi connectivity index (χ4n) is 1.42. The van der Waals surface area contributed by atoms with Crippen molar-refractivity contribution in [1.82, 2.24) is 0 Å². The van der Waals surface area contributed by atoms with Crippen LogP contribution in [0.3, 0.4) is 0 Å². The van der Waals surface area contributed by atoms with E-state index in [-0.39, 0.29) is 0 Å². The van der Waals surface area contributed by atoms with E-state index >= 15 is 0 Å². The van der Waals surface area contributed by atoms with Gasteiger partial charge in [-0.2, -0.15) is 0 Å². The highest BCUT2D eigenvalue weighted by Gasteiger charge is 2.16. The largest absolute Gasteiger partial charge is 0.477 e. The molecule has 1 rings (SSSR count). The van der Waals surface area contributed by atoms with Crippen LogP contribution < -0.4 is 0 Å². The van der Waals surface area contributed by atoms with Crippen molar-refractivity contribution in [3.8, 4) is 0 Å². The third-order valence-corrected chi connectivity index (χ3v) is 3.12. The van der Waals surface area contributed by atoms with E-state index in [9.17, 15) is 4.79 Å². The zero-order valence-electron chi connectivity index (χ0n) is 8.13. The third kappa shape index (κ3) is 1.91. The molecule has 0 unspecified atom stereocenters. The molecule has 72 valence electrons. The molecular formula is C10H14O2S. The second kappa shape index (κ2) is 3.92. The van der Waals surface area contributed by atoms with Gasteiger partial charge < -0.3 is 5.11 Å². The van der Waals surface area contributed by atoms with E-state index in [1.54, 1.807) is 0 Å². The smallest absolute Gasteiger partial charge is 0.346 e. The normalized spacial score (nSPS) is 10.8. The second-order valence-corrected chi connectivity index (χ2v) is 4.19. The van der Waals surface area contributed by atoms with Crippen LogP contribution in [0.25, 0.3) is 0 Å². The molecule has 0 spiro atoms. The molecule has 2 nitrogen and oxygen atoms in total. The molecule has 0 aliphatic heterocycles. The van der Waals surface area contributed by atoms with Gasteiger partial charge in [0.2, 0.25) is 0 Å². The molecular weight excluding hydrogens is 184 g/mol. The van der Waals surface area contributed by atoms with Crippen molar-refractivity contribution in [1.29, 1.82) is 0 Å². The monoisotopic (exact) mass is 198 g/mol. The lowest BCUT2D eigenvalue weighted by Crippen LogP contribution is -1.99. The van der Waals surface area contributed by atoms with Crippen LogP contribution in [-0.4, -0.2) is 11.1 Å². The molecule has 0 aromatic carbocycles. The van der Waals surface area contributed by atoms with Crippen molar-refractivity contribution in [2.75, 3.05) is 0 Å². The van der Waals surface area contributed by atoms with E-state index in [0.29, 0.717) is 10.8 Å². The van der Waals surface area contributed by atoms with Crippen molar-refractivity contribution in [3.05, 3.63) is 21.4 Å². The van der Waals surface area contributed by atoms with Crippen LogP contribution in [0.1, 0.15) is 47.5 Å². The topological polar surface area (TPSA) is 37.3 Å². The molecule has 1 N–H and O–H groups in total. The first-order chi connectivity index (χ1) is 6.07. The van der Waals surface area contributed by atoms with Crippen molar-refractivity contribution in [3.63, 3.8) is 0 Å². The van der Waals surface area contributed by atoms with E-state index in [2.05, 4.69) is 13.8 Å². The molecule has 0 amide bonds. The Balaban J connectivity index is 3.18. The first-order valence-electron chi connectivity index (χ1n) is 4.41. The van der Waals surface area contributed by atoms with Gasteiger partial charge in [-0.3, -0.25) is 0 Å². The zero-order chi connectivity index (χ0) is 10.0. The first kappa shape index (κ1) is 10.3. The summed E-state index contributed by atoms with van der Waals surface area (Å²) in [6.45, 7) is 6.18. The highest BCUT2D eigenvalue weighted by Crippen LogP contribution is 2.28. The Morgan fingerprint density at radius 1 is 1.62 bits per heavy atom. The number of rotatable bonds is 3. The lowest BCUT2D eigenvalue weighted by atomic mass is 9.99. The maximum absolute atomic E-state index is 10.8. The van der Waals surface area contributed by atoms with Crippen LogP contribution in [0.4, 0.5) is 0 Å². The summed E-state index contributed by atoms with van der Waals surface area (Å²) in [4.78, 5) is 11.3. The number of hydrogen-bond donors (Lipinski definition) is 1. The van der Waals surface area contributed by atoms with Crippen LogP contribution in [0, 0.1) is 0 Å². The summed E-state index contributed by atoms with van der Waals surface area (Å²) in [5.41, 5.74) is 2.19. The summed E-state index contributed by atoms with van der Waals surface area (Å²) >= 11 is 1.34. The van der Waals surface area contributed by atoms with Gasteiger partial charge >= 0.3 is 5.97 Å². The SMILES string of the molecule is CCc1c(C(C)C)csc1C(=O)O. The Morgan fingerprint density at radius 2 is 2.23 bits per heavy atom. The molecule has 0 radical (unpaired) electrons. The molecule has 1 heterocycles. The first-order valence-corrected chi connectivity index (χ1v) is 5.29. The van der Waals surface area contributed by atoms with Gasteiger partial charge in [-0.25, -0.2) is 4.79 Å². The molecule has 0 saturated heterocycles. The summed E-state index contributed by atoms with van der Waals surface area (Å²) in [7, 11) is 0. The molecule has 0 aliphatic carbocycles. The number of carbonyl (C=O) groups is 1. The van der Waals surface area contributed by atoms with E-state index in [1.165, 1.54) is 16.9 Å². The zero-order valence-corrected chi connectivity index (χ0v) is 8.94. The fourth-order valence-corrected chi connectivity index (χ4v) is 2.59. The number of hydrogen-bond acceptors (Lipinski definition) is 2. The number of carboxylic acid groups (broad SMARTS) is 1. The third-order valence-electron chi connectivity index (χ3n) is 2.10. The maximum Gasteiger partial charge on any atom is 0.346 e. The van der Waals surface area contributed by atoms with Crippen molar-refractivity contribution in [2.45, 2.75) is 33.1 Å². The van der Waals surface area contributed by atoms with Gasteiger partial charge in [0.05, 0.1) is 0 Å². The summed E-state index contributed by atoms with van der Waals surface area (Å²) in [6.07, 6.45) is 0.804. The van der Waals surface area contributed by atoms with Gasteiger partial charge in [-0.05, 0) is 28.8 Å². The summed E-state index contributed by atoms with van der Waals surface area (Å²) < 4.78 is 0. The van der Waals surface area contributed by atoms with E-state index < -0.39 is 5.97 Å². The minimum absolute atomic E-state index is 0.416. The average molecular weight is 198 g/mol. The van der Waals surface area contributed by atoms with Gasteiger partial charge in [-0.15, -0.1) is 11.3 Å². The quantitative estimate of drug-likeness (QED) is 0.810. The standard InChI is InChI=1S/C10H14O2S/c1-4-7-8(6(2)3)5-13-9(7)10(11)12/h5-6H,4H2,1-3H3,(H,11,12). The average Bonchev–Trinajstić information content (AvgIpc) is 2.46. The minimum Gasteiger partial charge on any atom is -0.477 e. The lowest BCUT2D eigenvalue weighted by Gasteiger charge is -2.05. The summed E-state index contributed by atoms with van der Waals surface area (Å²) in [5.74, 6) is -0.381. The Morgan fingerprint density at radius 3 is 2.62 bits per heavy atom. The predicted molar refractivity (Wildman–Crippen MR) is 54.7 cm³/mol. The Labute approximate surface area is 82.2 Å². The maximum atomic E-state index is 10.8. The van der Waals surface area contributed by atoms with Crippen LogP contribution in [-0.2, 0) is 6.42 Å². The minimum atomic E-state index is -0.797. The van der Waals surface area contributed by atoms with E-state index in [4.69, 9.17) is 5.11 Å². The summed E-state index contributed by atoms with van der Waals surface area (Å²) in [5, 5.41) is 10.9. The number of carboxylic acids is 1. The lowest BCUT2D eigenvalue weighted by molar-refractivity contribution is 0.0701. The van der Waals surface area contributed by atoms with Gasteiger partial charge in [-0.1, -0.05) is 20.8 Å². The van der Waals surface area contributed by atoms with Crippen LogP contribution in [0.15, 0.2) is 5.38 Å². The molecule has 1 aromatic rings. The molecule has 3 heteroatoms.